The molecule has 9 heteroatoms. The number of nitrogens with zero attached hydrogens (tertiary/aromatic N) is 4. The fraction of sp³-hybridized carbons (Fsp3) is 0.375. The van der Waals surface area contributed by atoms with Crippen LogP contribution >= 0.6 is 0 Å². The number of rotatable bonds is 5. The van der Waals surface area contributed by atoms with Crippen LogP contribution in [0.1, 0.15) is 52.0 Å². The van der Waals surface area contributed by atoms with Crippen LogP contribution in [0.5, 0.6) is 0 Å². The number of anilines is 1. The third kappa shape index (κ3) is 4.57. The van der Waals surface area contributed by atoms with Crippen molar-refractivity contribution in [3.63, 3.8) is 0 Å². The Morgan fingerprint density at radius 2 is 1.85 bits per heavy atom. The van der Waals surface area contributed by atoms with Crippen molar-refractivity contribution in [1.82, 2.24) is 19.7 Å². The number of carbonyl (C=O) groups is 3. The van der Waals surface area contributed by atoms with Crippen molar-refractivity contribution in [2.45, 2.75) is 40.2 Å². The molecule has 1 aliphatic heterocycles. The van der Waals surface area contributed by atoms with Gasteiger partial charge in [0.15, 0.2) is 0 Å². The zero-order valence-electron chi connectivity index (χ0n) is 19.1. The van der Waals surface area contributed by atoms with E-state index in [2.05, 4.69) is 15.4 Å². The number of primary amides is 1. The Morgan fingerprint density at radius 3 is 2.52 bits per heavy atom. The van der Waals surface area contributed by atoms with Crippen molar-refractivity contribution in [3.8, 4) is 0 Å². The van der Waals surface area contributed by atoms with Crippen LogP contribution < -0.4 is 11.1 Å². The van der Waals surface area contributed by atoms with Crippen LogP contribution in [-0.2, 0) is 11.3 Å². The average molecular weight is 449 g/mol. The number of para-hydroxylation sites is 1. The van der Waals surface area contributed by atoms with Gasteiger partial charge in [0.1, 0.15) is 5.69 Å². The molecule has 1 aliphatic rings. The minimum atomic E-state index is -0.689. The smallest absolute Gasteiger partial charge is 0.267 e. The summed E-state index contributed by atoms with van der Waals surface area (Å²) in [6, 6.07) is 8.57. The second kappa shape index (κ2) is 9.01. The maximum absolute atomic E-state index is 13.2. The first-order chi connectivity index (χ1) is 15.7. The van der Waals surface area contributed by atoms with Crippen molar-refractivity contribution in [2.75, 3.05) is 18.4 Å². The van der Waals surface area contributed by atoms with Crippen LogP contribution in [0.3, 0.4) is 0 Å². The summed E-state index contributed by atoms with van der Waals surface area (Å²) in [5, 5.41) is 8.26. The van der Waals surface area contributed by atoms with E-state index in [-0.39, 0.29) is 17.5 Å². The molecule has 1 fully saturated rings. The van der Waals surface area contributed by atoms with Gasteiger partial charge in [-0.2, -0.15) is 5.10 Å². The van der Waals surface area contributed by atoms with Crippen LogP contribution in [0.25, 0.3) is 10.9 Å². The molecule has 0 bridgehead atoms. The van der Waals surface area contributed by atoms with Crippen molar-refractivity contribution >= 4 is 34.3 Å². The minimum absolute atomic E-state index is 0.0416. The number of benzene rings is 1. The monoisotopic (exact) mass is 448 g/mol. The standard InChI is InChI=1S/C24H28N6O3/c1-14-22(15(2)30(28-14)13-17-8-10-29(11-9-17)16(3)31)27-24(33)19-12-21(23(25)32)26-20-7-5-4-6-18(19)20/h4-7,12,17H,8-11,13H2,1-3H3,(H2,25,32)(H,27,33). The molecule has 172 valence electrons. The first-order valence-electron chi connectivity index (χ1n) is 11.0. The largest absolute Gasteiger partial charge is 0.364 e. The molecule has 9 nitrogen and oxygen atoms in total. The summed E-state index contributed by atoms with van der Waals surface area (Å²) in [5.41, 5.74) is 8.56. The van der Waals surface area contributed by atoms with E-state index in [1.807, 2.05) is 29.5 Å². The van der Waals surface area contributed by atoms with Gasteiger partial charge >= 0.3 is 0 Å². The molecular formula is C24H28N6O3. The van der Waals surface area contributed by atoms with Crippen molar-refractivity contribution in [2.24, 2.45) is 11.7 Å². The number of aromatic nitrogens is 3. The number of amides is 3. The van der Waals surface area contributed by atoms with E-state index in [9.17, 15) is 14.4 Å². The molecule has 3 heterocycles. The molecule has 0 radical (unpaired) electrons. The fourth-order valence-electron chi connectivity index (χ4n) is 4.40. The first-order valence-corrected chi connectivity index (χ1v) is 11.0. The maximum Gasteiger partial charge on any atom is 0.267 e. The Labute approximate surface area is 192 Å². The molecule has 1 saturated heterocycles. The van der Waals surface area contributed by atoms with Gasteiger partial charge in [-0.25, -0.2) is 4.98 Å². The molecular weight excluding hydrogens is 420 g/mol. The lowest BCUT2D eigenvalue weighted by Gasteiger charge is -2.31. The number of piperidine rings is 1. The highest BCUT2D eigenvalue weighted by molar-refractivity contribution is 6.14. The van der Waals surface area contributed by atoms with E-state index in [1.54, 1.807) is 25.1 Å². The molecule has 3 amide bonds. The Balaban J connectivity index is 1.56. The predicted molar refractivity (Wildman–Crippen MR) is 125 cm³/mol. The van der Waals surface area contributed by atoms with Crippen LogP contribution in [0, 0.1) is 19.8 Å². The molecule has 1 aromatic carbocycles. The lowest BCUT2D eigenvalue weighted by molar-refractivity contribution is -0.130. The van der Waals surface area contributed by atoms with Crippen molar-refractivity contribution in [1.29, 1.82) is 0 Å². The van der Waals surface area contributed by atoms with Crippen LogP contribution in [0.2, 0.25) is 0 Å². The van der Waals surface area contributed by atoms with Gasteiger partial charge < -0.3 is 16.0 Å². The second-order valence-corrected chi connectivity index (χ2v) is 8.57. The summed E-state index contributed by atoms with van der Waals surface area (Å²) in [6.07, 6.45) is 1.86. The molecule has 33 heavy (non-hydrogen) atoms. The molecule has 0 saturated carbocycles. The number of likely N-dealkylation sites (tertiary alicyclic amines) is 1. The van der Waals surface area contributed by atoms with Crippen molar-refractivity contribution in [3.05, 3.63) is 53.0 Å². The highest BCUT2D eigenvalue weighted by atomic mass is 16.2. The Bertz CT molecular complexity index is 1240. The third-order valence-electron chi connectivity index (χ3n) is 6.32. The van der Waals surface area contributed by atoms with E-state index >= 15 is 0 Å². The SMILES string of the molecule is CC(=O)N1CCC(Cn2nc(C)c(NC(=O)c3cc(C(N)=O)nc4ccccc34)c2C)CC1. The quantitative estimate of drug-likeness (QED) is 0.621. The number of nitrogens with two attached hydrogens (primary N) is 1. The lowest BCUT2D eigenvalue weighted by atomic mass is 9.97. The molecule has 3 aromatic rings. The molecule has 3 N–H and O–H groups in total. The van der Waals surface area contributed by atoms with E-state index in [0.29, 0.717) is 28.1 Å². The molecule has 4 rings (SSSR count). The average Bonchev–Trinajstić information content (AvgIpc) is 3.05. The summed E-state index contributed by atoms with van der Waals surface area (Å²) in [7, 11) is 0. The highest BCUT2D eigenvalue weighted by Crippen LogP contribution is 2.26. The molecule has 0 atom stereocenters. The van der Waals surface area contributed by atoms with Gasteiger partial charge in [-0.05, 0) is 44.7 Å². The summed E-state index contributed by atoms with van der Waals surface area (Å²) in [4.78, 5) is 42.7. The van der Waals surface area contributed by atoms with Gasteiger partial charge in [-0.1, -0.05) is 18.2 Å². The summed E-state index contributed by atoms with van der Waals surface area (Å²) in [6.45, 7) is 7.66. The summed E-state index contributed by atoms with van der Waals surface area (Å²) in [5.74, 6) is -0.500. The Kier molecular flexibility index (Phi) is 6.13. The van der Waals surface area contributed by atoms with E-state index in [4.69, 9.17) is 5.73 Å². The highest BCUT2D eigenvalue weighted by Gasteiger charge is 2.24. The molecule has 0 unspecified atom stereocenters. The Hall–Kier alpha value is -3.75. The van der Waals surface area contributed by atoms with Gasteiger partial charge in [0.05, 0.1) is 28.2 Å². The van der Waals surface area contributed by atoms with Gasteiger partial charge in [0.25, 0.3) is 11.8 Å². The summed E-state index contributed by atoms with van der Waals surface area (Å²) >= 11 is 0. The zero-order valence-corrected chi connectivity index (χ0v) is 19.1. The fourth-order valence-corrected chi connectivity index (χ4v) is 4.40. The number of hydrogen-bond acceptors (Lipinski definition) is 5. The first kappa shape index (κ1) is 22.4. The number of nitrogens with one attached hydrogen (secondary N) is 1. The molecule has 2 aromatic heterocycles. The van der Waals surface area contributed by atoms with E-state index in [1.165, 1.54) is 6.07 Å². The van der Waals surface area contributed by atoms with E-state index in [0.717, 1.165) is 43.9 Å². The van der Waals surface area contributed by atoms with Crippen LogP contribution in [0.4, 0.5) is 5.69 Å². The number of fused-ring (bicyclic) bond motifs is 1. The normalized spacial score (nSPS) is 14.5. The van der Waals surface area contributed by atoms with Crippen LogP contribution in [-0.4, -0.2) is 50.5 Å². The number of hydrogen-bond donors (Lipinski definition) is 2. The van der Waals surface area contributed by atoms with Gasteiger partial charge in [0.2, 0.25) is 5.91 Å². The summed E-state index contributed by atoms with van der Waals surface area (Å²) < 4.78 is 1.93. The third-order valence-corrected chi connectivity index (χ3v) is 6.32. The molecule has 0 aliphatic carbocycles. The lowest BCUT2D eigenvalue weighted by Crippen LogP contribution is -2.38. The minimum Gasteiger partial charge on any atom is -0.364 e. The topological polar surface area (TPSA) is 123 Å². The molecule has 0 spiro atoms. The number of pyridine rings is 1. The number of carbonyl (C=O) groups excluding carboxylic acids is 3. The van der Waals surface area contributed by atoms with E-state index < -0.39 is 5.91 Å². The Morgan fingerprint density at radius 1 is 1.15 bits per heavy atom. The second-order valence-electron chi connectivity index (χ2n) is 8.57. The maximum atomic E-state index is 13.2. The zero-order chi connectivity index (χ0) is 23.7. The number of aryl methyl sites for hydroxylation is 1. The van der Waals surface area contributed by atoms with Gasteiger partial charge in [-0.3, -0.25) is 19.1 Å². The van der Waals surface area contributed by atoms with Crippen LogP contribution in [0.15, 0.2) is 30.3 Å². The van der Waals surface area contributed by atoms with Gasteiger partial charge in [-0.15, -0.1) is 0 Å². The van der Waals surface area contributed by atoms with Gasteiger partial charge in [0, 0.05) is 31.9 Å². The van der Waals surface area contributed by atoms with Crippen molar-refractivity contribution < 1.29 is 14.4 Å². The predicted octanol–water partition coefficient (Wildman–Crippen LogP) is 2.66.